The Morgan fingerprint density at radius 1 is 1.06 bits per heavy atom. The summed E-state index contributed by atoms with van der Waals surface area (Å²) in [4.78, 5) is 19.9. The number of carbonyl (C=O) groups is 2. The van der Waals surface area contributed by atoms with E-state index < -0.39 is 32.8 Å². The van der Waals surface area contributed by atoms with Gasteiger partial charge in [-0.2, -0.15) is 13.2 Å². The van der Waals surface area contributed by atoms with Crippen LogP contribution < -0.4 is 0 Å². The number of ketones is 2. The minimum atomic E-state index is -4.87. The van der Waals surface area contributed by atoms with Gasteiger partial charge in [-0.1, -0.05) is 0 Å². The molecule has 5 nitrogen and oxygen atoms in total. The maximum absolute atomic E-state index is 11.3. The zero-order valence-corrected chi connectivity index (χ0v) is 10.7. The van der Waals surface area contributed by atoms with Crippen LogP contribution in [-0.4, -0.2) is 39.1 Å². The van der Waals surface area contributed by atoms with Crippen molar-refractivity contribution in [3.05, 3.63) is 0 Å². The summed E-state index contributed by atoms with van der Waals surface area (Å²) in [5.41, 5.74) is 0. The van der Waals surface area contributed by atoms with E-state index in [2.05, 4.69) is 13.6 Å². The zero-order chi connectivity index (χ0) is 14.1. The molecule has 0 radical (unpaired) electrons. The van der Waals surface area contributed by atoms with Gasteiger partial charge >= 0.3 is 14.8 Å². The van der Waals surface area contributed by atoms with E-state index in [0.29, 0.717) is 0 Å². The predicted octanol–water partition coefficient (Wildman–Crippen LogP) is 2.25. The maximum Gasteiger partial charge on any atom is 0.450 e. The first-order valence-electron chi connectivity index (χ1n) is 4.20. The Labute approximate surface area is 98.2 Å². The van der Waals surface area contributed by atoms with Crippen LogP contribution in [0.3, 0.4) is 0 Å². The van der Waals surface area contributed by atoms with Crippen molar-refractivity contribution in [1.29, 1.82) is 0 Å². The normalized spacial score (nSPS) is 10.8. The maximum atomic E-state index is 11.3. The largest absolute Gasteiger partial charge is 0.450 e. The number of halogens is 3. The summed E-state index contributed by atoms with van der Waals surface area (Å²) in [6.07, 6.45) is -5.92. The highest BCUT2D eigenvalue weighted by Crippen LogP contribution is 2.35. The van der Waals surface area contributed by atoms with Crippen LogP contribution in [0.1, 0.15) is 13.3 Å². The Morgan fingerprint density at radius 3 is 1.47 bits per heavy atom. The fourth-order valence-corrected chi connectivity index (χ4v) is 0.997. The van der Waals surface area contributed by atoms with Crippen LogP contribution >= 0.6 is 8.60 Å². The summed E-state index contributed by atoms with van der Waals surface area (Å²) in [6.45, 7) is 0.934. The summed E-state index contributed by atoms with van der Waals surface area (Å²) in [5.74, 6) is -2.76. The van der Waals surface area contributed by atoms with E-state index in [1.165, 1.54) is 0 Å². The molecular weight excluding hydrogens is 264 g/mol. The van der Waals surface area contributed by atoms with Gasteiger partial charge in [0.25, 0.3) is 0 Å². The molecule has 0 fully saturated rings. The molecule has 0 N–H and O–H groups in total. The molecule has 0 aromatic heterocycles. The summed E-state index contributed by atoms with van der Waals surface area (Å²) in [6, 6.07) is 0. The fourth-order valence-electron chi connectivity index (χ4n) is 0.550. The van der Waals surface area contributed by atoms with Crippen LogP contribution in [0.2, 0.25) is 0 Å². The standard InChI is InChI=1S/C5H5F3O2.C3H9O3P/c1-3(9)2-4(10)5(6,7)8;1-4-7(5-2)6-3/h2H2,1H3;1-3H3. The molecular formula is C8H14F3O5P. The molecule has 0 aromatic carbocycles. The van der Waals surface area contributed by atoms with Gasteiger partial charge < -0.3 is 13.6 Å². The average Bonchev–Trinajstić information content (AvgIpc) is 2.19. The van der Waals surface area contributed by atoms with Crippen molar-refractivity contribution in [2.45, 2.75) is 19.5 Å². The Bertz CT molecular complexity index is 234. The van der Waals surface area contributed by atoms with Gasteiger partial charge in [0.1, 0.15) is 5.78 Å². The Kier molecular flexibility index (Phi) is 10.5. The molecule has 0 saturated carbocycles. The molecule has 0 bridgehead atoms. The second kappa shape index (κ2) is 9.47. The van der Waals surface area contributed by atoms with Gasteiger partial charge in [-0.3, -0.25) is 9.59 Å². The number of carbonyl (C=O) groups excluding carboxylic acids is 2. The lowest BCUT2D eigenvalue weighted by molar-refractivity contribution is -0.171. The van der Waals surface area contributed by atoms with Crippen molar-refractivity contribution in [2.75, 3.05) is 21.3 Å². The first kappa shape index (κ1) is 18.8. The summed E-state index contributed by atoms with van der Waals surface area (Å²) in [5, 5.41) is 0. The Hall–Kier alpha value is -0.560. The number of Topliss-reactive ketones (excluding diaryl/α,β-unsaturated/α-hetero) is 2. The highest BCUT2D eigenvalue weighted by Gasteiger charge is 2.38. The topological polar surface area (TPSA) is 61.8 Å². The first-order valence-corrected chi connectivity index (χ1v) is 5.30. The number of rotatable bonds is 5. The SMILES string of the molecule is CC(=O)CC(=O)C(F)(F)F.COP(OC)OC. The summed E-state index contributed by atoms with van der Waals surface area (Å²) in [7, 11) is 3.57. The number of hydrogen-bond acceptors (Lipinski definition) is 5. The molecule has 0 aliphatic carbocycles. The van der Waals surface area contributed by atoms with Crippen LogP contribution in [0.25, 0.3) is 0 Å². The van der Waals surface area contributed by atoms with E-state index in [-0.39, 0.29) is 0 Å². The van der Waals surface area contributed by atoms with E-state index in [1.54, 1.807) is 21.3 Å². The van der Waals surface area contributed by atoms with Gasteiger partial charge in [0.05, 0.1) is 6.42 Å². The molecule has 0 saturated heterocycles. The van der Waals surface area contributed by atoms with Crippen LogP contribution in [0.4, 0.5) is 13.2 Å². The van der Waals surface area contributed by atoms with Crippen molar-refractivity contribution in [2.24, 2.45) is 0 Å². The number of hydrogen-bond donors (Lipinski definition) is 0. The predicted molar refractivity (Wildman–Crippen MR) is 54.3 cm³/mol. The second-order valence-corrected chi connectivity index (χ2v) is 4.11. The Balaban J connectivity index is 0. The minimum absolute atomic E-state index is 0.776. The van der Waals surface area contributed by atoms with Crippen molar-refractivity contribution < 1.29 is 36.3 Å². The lowest BCUT2D eigenvalue weighted by atomic mass is 10.2. The van der Waals surface area contributed by atoms with E-state index in [4.69, 9.17) is 0 Å². The van der Waals surface area contributed by atoms with Crippen LogP contribution in [0.15, 0.2) is 0 Å². The third-order valence-electron chi connectivity index (χ3n) is 1.17. The third-order valence-corrected chi connectivity index (χ3v) is 2.07. The molecule has 0 amide bonds. The van der Waals surface area contributed by atoms with Crippen LogP contribution in [0, 0.1) is 0 Å². The molecule has 0 spiro atoms. The van der Waals surface area contributed by atoms with E-state index >= 15 is 0 Å². The zero-order valence-electron chi connectivity index (χ0n) is 9.83. The molecule has 0 aromatic rings. The molecule has 102 valence electrons. The highest BCUT2D eigenvalue weighted by atomic mass is 31.2. The monoisotopic (exact) mass is 278 g/mol. The fraction of sp³-hybridized carbons (Fsp3) is 0.750. The van der Waals surface area contributed by atoms with Gasteiger partial charge in [-0.25, -0.2) is 0 Å². The molecule has 0 unspecified atom stereocenters. The van der Waals surface area contributed by atoms with Gasteiger partial charge in [-0.05, 0) is 6.92 Å². The van der Waals surface area contributed by atoms with Gasteiger partial charge in [0, 0.05) is 21.3 Å². The first-order chi connectivity index (χ1) is 7.68. The third kappa shape index (κ3) is 11.7. The Morgan fingerprint density at radius 2 is 1.41 bits per heavy atom. The molecule has 9 heteroatoms. The van der Waals surface area contributed by atoms with Gasteiger partial charge in [0.15, 0.2) is 0 Å². The second-order valence-electron chi connectivity index (χ2n) is 2.57. The van der Waals surface area contributed by atoms with Crippen LogP contribution in [-0.2, 0) is 23.2 Å². The average molecular weight is 278 g/mol. The molecule has 17 heavy (non-hydrogen) atoms. The van der Waals surface area contributed by atoms with Gasteiger partial charge in [-0.15, -0.1) is 0 Å². The molecule has 0 atom stereocenters. The van der Waals surface area contributed by atoms with Gasteiger partial charge in [0.2, 0.25) is 5.78 Å². The van der Waals surface area contributed by atoms with Crippen molar-refractivity contribution in [3.8, 4) is 0 Å². The molecule has 0 aliphatic rings. The molecule has 0 heterocycles. The molecule has 0 aliphatic heterocycles. The smallest absolute Gasteiger partial charge is 0.316 e. The number of alkyl halides is 3. The van der Waals surface area contributed by atoms with E-state index in [1.807, 2.05) is 0 Å². The van der Waals surface area contributed by atoms with Crippen molar-refractivity contribution >= 4 is 20.2 Å². The van der Waals surface area contributed by atoms with Crippen molar-refractivity contribution in [1.82, 2.24) is 0 Å². The summed E-state index contributed by atoms with van der Waals surface area (Å²) < 4.78 is 47.9. The lowest BCUT2D eigenvalue weighted by Crippen LogP contribution is -2.24. The summed E-state index contributed by atoms with van der Waals surface area (Å²) >= 11 is 0. The highest BCUT2D eigenvalue weighted by molar-refractivity contribution is 7.41. The van der Waals surface area contributed by atoms with E-state index in [0.717, 1.165) is 6.92 Å². The minimum Gasteiger partial charge on any atom is -0.316 e. The molecule has 0 rings (SSSR count). The van der Waals surface area contributed by atoms with E-state index in [9.17, 15) is 22.8 Å². The quantitative estimate of drug-likeness (QED) is 0.570. The van der Waals surface area contributed by atoms with Crippen molar-refractivity contribution in [3.63, 3.8) is 0 Å². The lowest BCUT2D eigenvalue weighted by Gasteiger charge is -2.05. The van der Waals surface area contributed by atoms with Crippen LogP contribution in [0.5, 0.6) is 0 Å².